The molecule has 4 heterocycles. The van der Waals surface area contributed by atoms with E-state index in [-0.39, 0.29) is 11.3 Å². The van der Waals surface area contributed by atoms with Crippen LogP contribution in [0, 0.1) is 29.5 Å². The highest BCUT2D eigenvalue weighted by atomic mass is 19.1. The van der Waals surface area contributed by atoms with Gasteiger partial charge in [-0.3, -0.25) is 0 Å². The van der Waals surface area contributed by atoms with E-state index in [0.717, 1.165) is 62.5 Å². The standard InChI is InChI=1S/C31H33FN6O2/c1-3-23-27(32)7-6-20-15-22(39)16-28(29(20)23)38-12-8-24-26(18-38)25(17-33)31(40-19-21-5-4-11-36(21)2)35-30(24)37-13-9-34-10-14-37/h1,6-7,15-16,21,34,39H,4-5,8-14,18-19H2,2H3/t21-/m0/s1. The summed E-state index contributed by atoms with van der Waals surface area (Å²) in [5, 5.41) is 25.6. The summed E-state index contributed by atoms with van der Waals surface area (Å²) in [6.07, 6.45) is 8.57. The van der Waals surface area contributed by atoms with Crippen molar-refractivity contribution in [2.75, 3.05) is 62.7 Å². The molecule has 3 aliphatic rings. The lowest BCUT2D eigenvalue weighted by atomic mass is 9.94. The molecular weight excluding hydrogens is 507 g/mol. The van der Waals surface area contributed by atoms with Crippen LogP contribution in [0.4, 0.5) is 15.9 Å². The first-order valence-corrected chi connectivity index (χ1v) is 13.9. The Balaban J connectivity index is 1.44. The van der Waals surface area contributed by atoms with E-state index in [0.29, 0.717) is 60.1 Å². The number of halogens is 1. The van der Waals surface area contributed by atoms with Crippen molar-refractivity contribution < 1.29 is 14.2 Å². The summed E-state index contributed by atoms with van der Waals surface area (Å²) in [7, 11) is 2.10. The van der Waals surface area contributed by atoms with Crippen molar-refractivity contribution in [2.24, 2.45) is 0 Å². The third-order valence-electron chi connectivity index (χ3n) is 8.47. The van der Waals surface area contributed by atoms with Crippen molar-refractivity contribution in [3.8, 4) is 30.0 Å². The summed E-state index contributed by atoms with van der Waals surface area (Å²) < 4.78 is 21.1. The van der Waals surface area contributed by atoms with Gasteiger partial charge in [-0.05, 0) is 50.4 Å². The molecule has 0 saturated carbocycles. The van der Waals surface area contributed by atoms with Crippen molar-refractivity contribution in [2.45, 2.75) is 31.8 Å². The molecule has 40 heavy (non-hydrogen) atoms. The number of nitrogens with one attached hydrogen (secondary N) is 1. The van der Waals surface area contributed by atoms with Crippen LogP contribution in [0.25, 0.3) is 10.8 Å². The number of likely N-dealkylation sites (N-methyl/N-ethyl adjacent to an activating group) is 1. The molecule has 9 heteroatoms. The number of nitrogens with zero attached hydrogens (tertiary/aromatic N) is 5. The monoisotopic (exact) mass is 540 g/mol. The van der Waals surface area contributed by atoms with Crippen LogP contribution in [0.2, 0.25) is 0 Å². The van der Waals surface area contributed by atoms with Crippen LogP contribution in [-0.4, -0.2) is 74.0 Å². The molecule has 3 aliphatic heterocycles. The normalized spacial score (nSPS) is 19.4. The molecule has 0 amide bonds. The van der Waals surface area contributed by atoms with Gasteiger partial charge < -0.3 is 29.9 Å². The highest BCUT2D eigenvalue weighted by Gasteiger charge is 2.31. The number of ether oxygens (including phenoxy) is 1. The second-order valence-electron chi connectivity index (χ2n) is 10.8. The third kappa shape index (κ3) is 4.66. The summed E-state index contributed by atoms with van der Waals surface area (Å²) in [4.78, 5) is 11.6. The number of fused-ring (bicyclic) bond motifs is 2. The van der Waals surface area contributed by atoms with Gasteiger partial charge in [-0.2, -0.15) is 10.2 Å². The van der Waals surface area contributed by atoms with Gasteiger partial charge in [0.15, 0.2) is 0 Å². The van der Waals surface area contributed by atoms with Gasteiger partial charge in [-0.1, -0.05) is 12.0 Å². The smallest absolute Gasteiger partial charge is 0.234 e. The summed E-state index contributed by atoms with van der Waals surface area (Å²) in [5.41, 5.74) is 3.16. The predicted octanol–water partition coefficient (Wildman–Crippen LogP) is 3.38. The molecule has 0 aliphatic carbocycles. The van der Waals surface area contributed by atoms with Crippen LogP contribution in [0.1, 0.15) is 35.1 Å². The Morgan fingerprint density at radius 2 is 1.98 bits per heavy atom. The molecule has 3 aromatic rings. The van der Waals surface area contributed by atoms with Gasteiger partial charge in [0.2, 0.25) is 5.88 Å². The first-order chi connectivity index (χ1) is 19.5. The molecule has 0 radical (unpaired) electrons. The first-order valence-electron chi connectivity index (χ1n) is 13.9. The fourth-order valence-corrected chi connectivity index (χ4v) is 6.31. The fraction of sp³-hybridized carbons (Fsp3) is 0.419. The number of aromatic nitrogens is 1. The second-order valence-corrected chi connectivity index (χ2v) is 10.8. The van der Waals surface area contributed by atoms with Crippen LogP contribution >= 0.6 is 0 Å². The van der Waals surface area contributed by atoms with Crippen LogP contribution in [-0.2, 0) is 13.0 Å². The molecule has 2 fully saturated rings. The van der Waals surface area contributed by atoms with Gasteiger partial charge in [0, 0.05) is 73.6 Å². The third-order valence-corrected chi connectivity index (χ3v) is 8.47. The lowest BCUT2D eigenvalue weighted by molar-refractivity contribution is 0.193. The van der Waals surface area contributed by atoms with E-state index in [9.17, 15) is 14.8 Å². The Labute approximate surface area is 234 Å². The van der Waals surface area contributed by atoms with Crippen LogP contribution in [0.15, 0.2) is 24.3 Å². The number of hydrogen-bond acceptors (Lipinski definition) is 8. The van der Waals surface area contributed by atoms with Gasteiger partial charge >= 0.3 is 0 Å². The Kier molecular flexibility index (Phi) is 7.10. The first kappa shape index (κ1) is 26.2. The molecular formula is C31H33FN6O2. The zero-order chi connectivity index (χ0) is 27.8. The summed E-state index contributed by atoms with van der Waals surface area (Å²) in [6.45, 7) is 5.87. The zero-order valence-corrected chi connectivity index (χ0v) is 22.7. The number of hydrogen-bond donors (Lipinski definition) is 2. The number of benzene rings is 2. The van der Waals surface area contributed by atoms with E-state index >= 15 is 0 Å². The molecule has 206 valence electrons. The van der Waals surface area contributed by atoms with Gasteiger partial charge in [0.1, 0.15) is 35.6 Å². The number of phenolic OH excluding ortho intramolecular Hbond substituents is 1. The lowest BCUT2D eigenvalue weighted by Gasteiger charge is -2.37. The molecule has 2 aromatic carbocycles. The number of likely N-dealkylation sites (tertiary alicyclic amines) is 1. The molecule has 2 N–H and O–H groups in total. The topological polar surface area (TPSA) is 87.9 Å². The number of aromatic hydroxyl groups is 1. The number of rotatable bonds is 5. The van der Waals surface area contributed by atoms with Gasteiger partial charge in [-0.15, -0.1) is 6.42 Å². The van der Waals surface area contributed by atoms with E-state index in [2.05, 4.69) is 39.1 Å². The summed E-state index contributed by atoms with van der Waals surface area (Å²) >= 11 is 0. The molecule has 1 aromatic heterocycles. The number of piperazine rings is 1. The van der Waals surface area contributed by atoms with Crippen molar-refractivity contribution in [3.63, 3.8) is 0 Å². The molecule has 1 atom stereocenters. The largest absolute Gasteiger partial charge is 0.508 e. The van der Waals surface area contributed by atoms with E-state index in [4.69, 9.17) is 16.1 Å². The number of nitriles is 1. The lowest BCUT2D eigenvalue weighted by Crippen LogP contribution is -2.45. The van der Waals surface area contributed by atoms with Crippen LogP contribution in [0.5, 0.6) is 11.6 Å². The minimum atomic E-state index is -0.477. The minimum absolute atomic E-state index is 0.0734. The van der Waals surface area contributed by atoms with Crippen molar-refractivity contribution in [3.05, 3.63) is 52.3 Å². The fourth-order valence-electron chi connectivity index (χ4n) is 6.31. The number of anilines is 2. The summed E-state index contributed by atoms with van der Waals surface area (Å²) in [5.74, 6) is 3.35. The molecule has 6 rings (SSSR count). The van der Waals surface area contributed by atoms with Crippen LogP contribution in [0.3, 0.4) is 0 Å². The van der Waals surface area contributed by atoms with Gasteiger partial charge in [0.25, 0.3) is 0 Å². The number of phenols is 1. The maximum Gasteiger partial charge on any atom is 0.234 e. The predicted molar refractivity (Wildman–Crippen MR) is 153 cm³/mol. The molecule has 0 unspecified atom stereocenters. The second kappa shape index (κ2) is 10.8. The van der Waals surface area contributed by atoms with Crippen molar-refractivity contribution in [1.82, 2.24) is 15.2 Å². The Bertz CT molecular complexity index is 1540. The zero-order valence-electron chi connectivity index (χ0n) is 22.7. The minimum Gasteiger partial charge on any atom is -0.508 e. The van der Waals surface area contributed by atoms with E-state index in [1.165, 1.54) is 6.07 Å². The van der Waals surface area contributed by atoms with Gasteiger partial charge in [0.05, 0.1) is 5.56 Å². The van der Waals surface area contributed by atoms with E-state index < -0.39 is 5.82 Å². The SMILES string of the molecule is C#Cc1c(F)ccc2cc(O)cc(N3CCc4c(N5CCNCC5)nc(OC[C@@H]5CCCN5C)c(C#N)c4C3)c12. The Morgan fingerprint density at radius 1 is 1.15 bits per heavy atom. The Morgan fingerprint density at radius 3 is 2.70 bits per heavy atom. The molecule has 2 saturated heterocycles. The number of terminal acetylenes is 1. The quantitative estimate of drug-likeness (QED) is 0.477. The van der Waals surface area contributed by atoms with E-state index in [1.807, 2.05) is 0 Å². The van der Waals surface area contributed by atoms with Gasteiger partial charge in [-0.25, -0.2) is 4.39 Å². The van der Waals surface area contributed by atoms with Crippen molar-refractivity contribution in [1.29, 1.82) is 5.26 Å². The maximum atomic E-state index is 14.8. The number of pyridine rings is 1. The molecule has 8 nitrogen and oxygen atoms in total. The van der Waals surface area contributed by atoms with Crippen molar-refractivity contribution >= 4 is 22.3 Å². The summed E-state index contributed by atoms with van der Waals surface area (Å²) in [6, 6.07) is 8.87. The van der Waals surface area contributed by atoms with E-state index in [1.54, 1.807) is 18.2 Å². The highest BCUT2D eigenvalue weighted by Crippen LogP contribution is 2.40. The maximum absolute atomic E-state index is 14.8. The average molecular weight is 541 g/mol. The average Bonchev–Trinajstić information content (AvgIpc) is 3.39. The Hall–Kier alpha value is -4.05. The molecule has 0 spiro atoms. The molecule has 0 bridgehead atoms. The van der Waals surface area contributed by atoms with Crippen LogP contribution < -0.4 is 19.9 Å². The highest BCUT2D eigenvalue weighted by molar-refractivity contribution is 6.00.